The maximum absolute atomic E-state index is 12.2. The number of ether oxygens (including phenoxy) is 1. The molecule has 0 aliphatic rings. The van der Waals surface area contributed by atoms with Crippen molar-refractivity contribution in [3.63, 3.8) is 0 Å². The second-order valence-corrected chi connectivity index (χ2v) is 4.95. The Balaban J connectivity index is 2.22. The number of hydrogen-bond donors (Lipinski definition) is 1. The number of hydrogen-bond acceptors (Lipinski definition) is 7. The molecular formula is C15H15N3O6. The summed E-state index contributed by atoms with van der Waals surface area (Å²) in [5.41, 5.74) is 0.206. The van der Waals surface area contributed by atoms with Gasteiger partial charge in [-0.1, -0.05) is 0 Å². The van der Waals surface area contributed by atoms with Crippen molar-refractivity contribution in [3.05, 3.63) is 56.8 Å². The molecule has 0 spiro atoms. The van der Waals surface area contributed by atoms with E-state index in [2.05, 4.69) is 15.0 Å². The van der Waals surface area contributed by atoms with E-state index in [1.807, 2.05) is 0 Å². The first kappa shape index (κ1) is 17.1. The van der Waals surface area contributed by atoms with Crippen LogP contribution in [0.5, 0.6) is 0 Å². The van der Waals surface area contributed by atoms with Crippen molar-refractivity contribution < 1.29 is 23.7 Å². The van der Waals surface area contributed by atoms with Crippen molar-refractivity contribution in [2.24, 2.45) is 0 Å². The zero-order valence-corrected chi connectivity index (χ0v) is 13.3. The first-order valence-electron chi connectivity index (χ1n) is 6.90. The average Bonchev–Trinajstić information content (AvgIpc) is 2.89. The molecule has 0 aliphatic carbocycles. The number of nitro benzene ring substituents is 1. The van der Waals surface area contributed by atoms with Crippen LogP contribution in [0.25, 0.3) is 0 Å². The van der Waals surface area contributed by atoms with Crippen molar-refractivity contribution >= 4 is 17.6 Å². The van der Waals surface area contributed by atoms with Crippen LogP contribution in [0.1, 0.15) is 38.1 Å². The second kappa shape index (κ2) is 6.90. The molecule has 1 aromatic heterocycles. The third-order valence-corrected chi connectivity index (χ3v) is 3.28. The number of esters is 1. The third kappa shape index (κ3) is 3.75. The van der Waals surface area contributed by atoms with Crippen LogP contribution in [-0.2, 0) is 11.3 Å². The van der Waals surface area contributed by atoms with Crippen molar-refractivity contribution in [2.45, 2.75) is 20.4 Å². The number of nitrogens with one attached hydrogen (secondary N) is 1. The normalized spacial score (nSPS) is 10.3. The van der Waals surface area contributed by atoms with Crippen LogP contribution in [0.15, 0.2) is 22.6 Å². The molecular weight excluding hydrogens is 318 g/mol. The van der Waals surface area contributed by atoms with Gasteiger partial charge in [0.2, 0.25) is 5.89 Å². The lowest BCUT2D eigenvalue weighted by Gasteiger charge is -2.05. The number of amides is 1. The minimum atomic E-state index is -0.772. The number of rotatable bonds is 5. The monoisotopic (exact) mass is 333 g/mol. The van der Waals surface area contributed by atoms with Crippen LogP contribution in [0, 0.1) is 24.0 Å². The van der Waals surface area contributed by atoms with Crippen molar-refractivity contribution in [2.75, 3.05) is 7.11 Å². The Kier molecular flexibility index (Phi) is 4.93. The van der Waals surface area contributed by atoms with E-state index in [1.165, 1.54) is 6.07 Å². The van der Waals surface area contributed by atoms with Gasteiger partial charge in [0.15, 0.2) is 0 Å². The number of nitrogens with zero attached hydrogens (tertiary/aromatic N) is 2. The molecule has 9 heteroatoms. The molecule has 0 radical (unpaired) electrons. The Morgan fingerprint density at radius 1 is 1.29 bits per heavy atom. The van der Waals surface area contributed by atoms with Gasteiger partial charge in [-0.25, -0.2) is 9.78 Å². The molecule has 0 saturated carbocycles. The van der Waals surface area contributed by atoms with E-state index in [0.717, 1.165) is 19.2 Å². The topological polar surface area (TPSA) is 125 Å². The smallest absolute Gasteiger partial charge is 0.338 e. The summed E-state index contributed by atoms with van der Waals surface area (Å²) in [7, 11) is 1.15. The predicted octanol–water partition coefficient (Wildman–Crippen LogP) is 1.92. The molecule has 1 aromatic carbocycles. The van der Waals surface area contributed by atoms with E-state index in [-0.39, 0.29) is 23.4 Å². The van der Waals surface area contributed by atoms with Crippen LogP contribution in [0.4, 0.5) is 5.69 Å². The Bertz CT molecular complexity index is 792. The molecule has 0 fully saturated rings. The van der Waals surface area contributed by atoms with E-state index in [4.69, 9.17) is 4.42 Å². The molecule has 1 heterocycles. The fraction of sp³-hybridized carbons (Fsp3) is 0.267. The van der Waals surface area contributed by atoms with Crippen molar-refractivity contribution in [1.29, 1.82) is 0 Å². The lowest BCUT2D eigenvalue weighted by molar-refractivity contribution is -0.384. The van der Waals surface area contributed by atoms with Gasteiger partial charge in [0.1, 0.15) is 5.76 Å². The fourth-order valence-corrected chi connectivity index (χ4v) is 1.96. The molecule has 1 N–H and O–H groups in total. The minimum absolute atomic E-state index is 0.0176. The fourth-order valence-electron chi connectivity index (χ4n) is 1.96. The number of oxazole rings is 1. The van der Waals surface area contributed by atoms with Gasteiger partial charge in [-0.05, 0) is 19.9 Å². The first-order chi connectivity index (χ1) is 11.3. The van der Waals surface area contributed by atoms with Crippen LogP contribution < -0.4 is 5.32 Å². The lowest BCUT2D eigenvalue weighted by atomic mass is 10.1. The quantitative estimate of drug-likeness (QED) is 0.503. The SMILES string of the molecule is COC(=O)c1cc(C(=O)NCc2nc(C)c(C)o2)cc([N+](=O)[O-])c1. The molecule has 24 heavy (non-hydrogen) atoms. The van der Waals surface area contributed by atoms with E-state index in [0.29, 0.717) is 17.3 Å². The molecule has 0 saturated heterocycles. The summed E-state index contributed by atoms with van der Waals surface area (Å²) in [6, 6.07) is 3.34. The second-order valence-electron chi connectivity index (χ2n) is 4.95. The van der Waals surface area contributed by atoms with E-state index >= 15 is 0 Å². The standard InChI is InChI=1S/C15H15N3O6/c1-8-9(2)24-13(17-8)7-16-14(19)10-4-11(15(20)23-3)6-12(5-10)18(21)22/h4-6H,7H2,1-3H3,(H,16,19). The van der Waals surface area contributed by atoms with Crippen molar-refractivity contribution in [3.8, 4) is 0 Å². The van der Waals surface area contributed by atoms with Crippen LogP contribution in [-0.4, -0.2) is 28.9 Å². The van der Waals surface area contributed by atoms with Gasteiger partial charge in [-0.3, -0.25) is 14.9 Å². The molecule has 0 atom stereocenters. The Hall–Kier alpha value is -3.23. The Morgan fingerprint density at radius 3 is 2.50 bits per heavy atom. The summed E-state index contributed by atoms with van der Waals surface area (Å²) in [5.74, 6) is -0.413. The van der Waals surface area contributed by atoms with Crippen molar-refractivity contribution in [1.82, 2.24) is 10.3 Å². The maximum atomic E-state index is 12.2. The summed E-state index contributed by atoms with van der Waals surface area (Å²) in [4.78, 5) is 38.2. The summed E-state index contributed by atoms with van der Waals surface area (Å²) in [6.45, 7) is 3.54. The minimum Gasteiger partial charge on any atom is -0.465 e. The summed E-state index contributed by atoms with van der Waals surface area (Å²) < 4.78 is 9.87. The highest BCUT2D eigenvalue weighted by molar-refractivity contribution is 5.98. The van der Waals surface area contributed by atoms with E-state index < -0.39 is 16.8 Å². The molecule has 9 nitrogen and oxygen atoms in total. The zero-order chi connectivity index (χ0) is 17.9. The summed E-state index contributed by atoms with van der Waals surface area (Å²) in [5, 5.41) is 13.5. The summed E-state index contributed by atoms with van der Waals surface area (Å²) in [6.07, 6.45) is 0. The van der Waals surface area contributed by atoms with E-state index in [9.17, 15) is 19.7 Å². The van der Waals surface area contributed by atoms with Gasteiger partial charge in [-0.2, -0.15) is 0 Å². The summed E-state index contributed by atoms with van der Waals surface area (Å²) >= 11 is 0. The number of non-ortho nitro benzene ring substituents is 1. The Labute approximate surface area is 136 Å². The first-order valence-corrected chi connectivity index (χ1v) is 6.90. The van der Waals surface area contributed by atoms with Crippen LogP contribution >= 0.6 is 0 Å². The number of aromatic nitrogens is 1. The van der Waals surface area contributed by atoms with E-state index in [1.54, 1.807) is 13.8 Å². The highest BCUT2D eigenvalue weighted by Gasteiger charge is 2.18. The van der Waals surface area contributed by atoms with Gasteiger partial charge < -0.3 is 14.5 Å². The zero-order valence-electron chi connectivity index (χ0n) is 13.3. The maximum Gasteiger partial charge on any atom is 0.338 e. The van der Waals surface area contributed by atoms with Gasteiger partial charge in [0.05, 0.1) is 29.8 Å². The number of nitro groups is 1. The number of carbonyl (C=O) groups is 2. The number of benzene rings is 1. The number of methoxy groups -OCH3 is 1. The third-order valence-electron chi connectivity index (χ3n) is 3.28. The largest absolute Gasteiger partial charge is 0.465 e. The molecule has 0 aliphatic heterocycles. The predicted molar refractivity (Wildman–Crippen MR) is 81.6 cm³/mol. The highest BCUT2D eigenvalue weighted by Crippen LogP contribution is 2.18. The number of aryl methyl sites for hydroxylation is 2. The molecule has 2 aromatic rings. The van der Waals surface area contributed by atoms with Gasteiger partial charge in [0.25, 0.3) is 11.6 Å². The molecule has 0 bridgehead atoms. The Morgan fingerprint density at radius 2 is 1.96 bits per heavy atom. The molecule has 1 amide bonds. The van der Waals surface area contributed by atoms with Crippen LogP contribution in [0.3, 0.4) is 0 Å². The lowest BCUT2D eigenvalue weighted by Crippen LogP contribution is -2.23. The molecule has 126 valence electrons. The number of carbonyl (C=O) groups excluding carboxylic acids is 2. The highest BCUT2D eigenvalue weighted by atomic mass is 16.6. The van der Waals surface area contributed by atoms with Gasteiger partial charge in [0, 0.05) is 17.7 Å². The van der Waals surface area contributed by atoms with Gasteiger partial charge in [-0.15, -0.1) is 0 Å². The average molecular weight is 333 g/mol. The molecule has 2 rings (SSSR count). The van der Waals surface area contributed by atoms with Crippen LogP contribution in [0.2, 0.25) is 0 Å². The molecule has 0 unspecified atom stereocenters. The van der Waals surface area contributed by atoms with Gasteiger partial charge >= 0.3 is 5.97 Å².